The van der Waals surface area contributed by atoms with E-state index in [9.17, 15) is 13.2 Å². The lowest BCUT2D eigenvalue weighted by Gasteiger charge is -2.17. The number of rotatable bonds is 5. The second-order valence-corrected chi connectivity index (χ2v) is 4.27. The van der Waals surface area contributed by atoms with E-state index in [1.807, 2.05) is 13.0 Å². The lowest BCUT2D eigenvalue weighted by molar-refractivity contribution is -0.139. The van der Waals surface area contributed by atoms with Gasteiger partial charge < -0.3 is 4.74 Å². The highest BCUT2D eigenvalue weighted by Crippen LogP contribution is 2.40. The van der Waals surface area contributed by atoms with Crippen LogP contribution in [0.2, 0.25) is 0 Å². The Morgan fingerprint density at radius 2 is 1.89 bits per heavy atom. The van der Waals surface area contributed by atoms with Gasteiger partial charge in [0.05, 0.1) is 6.61 Å². The Morgan fingerprint density at radius 1 is 1.21 bits per heavy atom. The van der Waals surface area contributed by atoms with Crippen LogP contribution in [0.4, 0.5) is 13.2 Å². The molecule has 0 aliphatic carbocycles. The van der Waals surface area contributed by atoms with Crippen LogP contribution >= 0.6 is 0 Å². The van der Waals surface area contributed by atoms with E-state index in [2.05, 4.69) is 0 Å². The summed E-state index contributed by atoms with van der Waals surface area (Å²) < 4.78 is 44.4. The van der Waals surface area contributed by atoms with Gasteiger partial charge in [0.25, 0.3) is 0 Å². The third kappa shape index (κ3) is 4.01. The molecule has 0 heterocycles. The molecule has 0 N–H and O–H groups in total. The first-order valence-electron chi connectivity index (χ1n) is 6.41. The summed E-state index contributed by atoms with van der Waals surface area (Å²) in [5.74, 6) is -0.0971. The molecule has 0 spiro atoms. The molecule has 0 aromatic heterocycles. The predicted octanol–water partition coefficient (Wildman–Crippen LogP) is 5.23. The third-order valence-electron chi connectivity index (χ3n) is 2.80. The van der Waals surface area contributed by atoms with E-state index in [0.717, 1.165) is 12.8 Å². The van der Waals surface area contributed by atoms with Crippen molar-refractivity contribution in [3.8, 4) is 5.75 Å². The Bertz CT molecular complexity index is 447. The minimum absolute atomic E-state index is 0.0971. The van der Waals surface area contributed by atoms with Gasteiger partial charge in [-0.2, -0.15) is 13.2 Å². The number of hydrogen-bond donors (Lipinski definition) is 0. The molecule has 1 aromatic carbocycles. The SMILES string of the molecule is CCC/C=C/c1ccc(OCC)c(C(F)(F)F)c1C. The average molecular weight is 272 g/mol. The standard InChI is InChI=1S/C15H19F3O/c1-4-6-7-8-12-9-10-13(19-5-2)14(11(12)3)15(16,17)18/h7-10H,4-6H2,1-3H3/b8-7+. The summed E-state index contributed by atoms with van der Waals surface area (Å²) in [6, 6.07) is 3.06. The Morgan fingerprint density at radius 3 is 2.42 bits per heavy atom. The first-order valence-corrected chi connectivity index (χ1v) is 6.41. The van der Waals surface area contributed by atoms with Crippen molar-refractivity contribution in [2.75, 3.05) is 6.61 Å². The monoisotopic (exact) mass is 272 g/mol. The van der Waals surface area contributed by atoms with E-state index >= 15 is 0 Å². The van der Waals surface area contributed by atoms with E-state index in [0.29, 0.717) is 5.56 Å². The topological polar surface area (TPSA) is 9.23 Å². The van der Waals surface area contributed by atoms with Gasteiger partial charge >= 0.3 is 6.18 Å². The molecule has 1 rings (SSSR count). The zero-order valence-electron chi connectivity index (χ0n) is 11.5. The van der Waals surface area contributed by atoms with Crippen molar-refractivity contribution in [3.05, 3.63) is 34.9 Å². The first-order chi connectivity index (χ1) is 8.91. The molecule has 1 nitrogen and oxygen atoms in total. The highest BCUT2D eigenvalue weighted by Gasteiger charge is 2.36. The lowest BCUT2D eigenvalue weighted by atomic mass is 10.00. The summed E-state index contributed by atoms with van der Waals surface area (Å²) in [5, 5.41) is 0. The number of benzene rings is 1. The van der Waals surface area contributed by atoms with Crippen molar-refractivity contribution in [2.24, 2.45) is 0 Å². The van der Waals surface area contributed by atoms with E-state index in [1.165, 1.54) is 13.0 Å². The van der Waals surface area contributed by atoms with Crippen LogP contribution in [-0.2, 0) is 6.18 Å². The molecule has 0 unspecified atom stereocenters. The molecule has 0 saturated carbocycles. The molecule has 4 heteroatoms. The van der Waals surface area contributed by atoms with Gasteiger partial charge in [-0.05, 0) is 37.5 Å². The van der Waals surface area contributed by atoms with Crippen LogP contribution in [0.5, 0.6) is 5.75 Å². The zero-order chi connectivity index (χ0) is 14.5. The van der Waals surface area contributed by atoms with Crippen molar-refractivity contribution in [3.63, 3.8) is 0 Å². The number of allylic oxidation sites excluding steroid dienone is 1. The molecular formula is C15H19F3O. The van der Waals surface area contributed by atoms with Gasteiger partial charge in [0.15, 0.2) is 0 Å². The van der Waals surface area contributed by atoms with Gasteiger partial charge in [-0.15, -0.1) is 0 Å². The number of unbranched alkanes of at least 4 members (excludes halogenated alkanes) is 1. The molecule has 106 valence electrons. The number of alkyl halides is 3. The van der Waals surface area contributed by atoms with Crippen molar-refractivity contribution >= 4 is 6.08 Å². The quantitative estimate of drug-likeness (QED) is 0.713. The highest BCUT2D eigenvalue weighted by molar-refractivity contribution is 5.59. The number of halogens is 3. The molecule has 0 amide bonds. The van der Waals surface area contributed by atoms with Gasteiger partial charge in [-0.25, -0.2) is 0 Å². The molecule has 0 aliphatic heterocycles. The fourth-order valence-corrected chi connectivity index (χ4v) is 1.89. The van der Waals surface area contributed by atoms with E-state index in [1.54, 1.807) is 19.1 Å². The van der Waals surface area contributed by atoms with Gasteiger partial charge in [0.1, 0.15) is 11.3 Å². The van der Waals surface area contributed by atoms with Crippen molar-refractivity contribution in [2.45, 2.75) is 39.8 Å². The van der Waals surface area contributed by atoms with Gasteiger partial charge in [0.2, 0.25) is 0 Å². The summed E-state index contributed by atoms with van der Waals surface area (Å²) in [5.41, 5.74) is 0.128. The van der Waals surface area contributed by atoms with Crippen LogP contribution in [-0.4, -0.2) is 6.61 Å². The first kappa shape index (κ1) is 15.6. The van der Waals surface area contributed by atoms with Crippen molar-refractivity contribution in [1.82, 2.24) is 0 Å². The summed E-state index contributed by atoms with van der Waals surface area (Å²) in [6.45, 7) is 5.39. The van der Waals surface area contributed by atoms with Gasteiger partial charge in [-0.3, -0.25) is 0 Å². The second-order valence-electron chi connectivity index (χ2n) is 4.27. The summed E-state index contributed by atoms with van der Waals surface area (Å²) >= 11 is 0. The fraction of sp³-hybridized carbons (Fsp3) is 0.467. The third-order valence-corrected chi connectivity index (χ3v) is 2.80. The molecule has 0 bridgehead atoms. The molecule has 0 saturated heterocycles. The van der Waals surface area contributed by atoms with Crippen LogP contribution in [0.1, 0.15) is 43.4 Å². The second kappa shape index (κ2) is 6.64. The number of ether oxygens (including phenoxy) is 1. The number of hydrogen-bond acceptors (Lipinski definition) is 1. The fourth-order valence-electron chi connectivity index (χ4n) is 1.89. The molecule has 0 radical (unpaired) electrons. The summed E-state index contributed by atoms with van der Waals surface area (Å²) in [4.78, 5) is 0. The lowest BCUT2D eigenvalue weighted by Crippen LogP contribution is -2.11. The Hall–Kier alpha value is -1.45. The van der Waals surface area contributed by atoms with E-state index < -0.39 is 11.7 Å². The van der Waals surface area contributed by atoms with Crippen molar-refractivity contribution < 1.29 is 17.9 Å². The maximum absolute atomic E-state index is 13.1. The maximum atomic E-state index is 13.1. The summed E-state index contributed by atoms with van der Waals surface area (Å²) in [7, 11) is 0. The van der Waals surface area contributed by atoms with Crippen LogP contribution in [0.25, 0.3) is 6.08 Å². The largest absolute Gasteiger partial charge is 0.493 e. The van der Waals surface area contributed by atoms with Crippen molar-refractivity contribution in [1.29, 1.82) is 0 Å². The maximum Gasteiger partial charge on any atom is 0.420 e. The molecular weight excluding hydrogens is 253 g/mol. The molecule has 0 fully saturated rings. The van der Waals surface area contributed by atoms with Crippen LogP contribution in [0.15, 0.2) is 18.2 Å². The molecule has 19 heavy (non-hydrogen) atoms. The Labute approximate surface area is 112 Å². The molecule has 0 atom stereocenters. The Balaban J connectivity index is 3.25. The zero-order valence-corrected chi connectivity index (χ0v) is 11.5. The Kier molecular flexibility index (Phi) is 5.45. The van der Waals surface area contributed by atoms with Crippen LogP contribution in [0, 0.1) is 6.92 Å². The normalized spacial score (nSPS) is 12.1. The van der Waals surface area contributed by atoms with Gasteiger partial charge in [0, 0.05) is 0 Å². The smallest absolute Gasteiger partial charge is 0.420 e. The van der Waals surface area contributed by atoms with Crippen LogP contribution < -0.4 is 4.74 Å². The van der Waals surface area contributed by atoms with Crippen LogP contribution in [0.3, 0.4) is 0 Å². The van der Waals surface area contributed by atoms with E-state index in [-0.39, 0.29) is 17.9 Å². The minimum Gasteiger partial charge on any atom is -0.493 e. The van der Waals surface area contributed by atoms with Gasteiger partial charge in [-0.1, -0.05) is 31.6 Å². The summed E-state index contributed by atoms with van der Waals surface area (Å²) in [6.07, 6.45) is 1.06. The molecule has 1 aromatic rings. The average Bonchev–Trinajstić information content (AvgIpc) is 2.31. The highest BCUT2D eigenvalue weighted by atomic mass is 19.4. The molecule has 0 aliphatic rings. The predicted molar refractivity (Wildman–Crippen MR) is 71.3 cm³/mol. The van der Waals surface area contributed by atoms with E-state index in [4.69, 9.17) is 4.74 Å². The minimum atomic E-state index is -4.40.